The smallest absolute Gasteiger partial charge is 0.227 e. The summed E-state index contributed by atoms with van der Waals surface area (Å²) in [4.78, 5) is 9.50. The van der Waals surface area contributed by atoms with Crippen LogP contribution in [-0.2, 0) is 12.8 Å². The molecule has 3 nitrogen and oxygen atoms in total. The summed E-state index contributed by atoms with van der Waals surface area (Å²) >= 11 is 3.61. The summed E-state index contributed by atoms with van der Waals surface area (Å²) in [6.45, 7) is 3.92. The number of aromatic nitrogens is 2. The van der Waals surface area contributed by atoms with Crippen LogP contribution in [0.15, 0.2) is 83.5 Å². The van der Waals surface area contributed by atoms with Gasteiger partial charge in [0.05, 0.1) is 5.69 Å². The Bertz CT molecular complexity index is 1200. The average Bonchev–Trinajstić information content (AvgIpc) is 2.79. The third kappa shape index (κ3) is 3.63. The molecule has 0 bridgehead atoms. The number of nitrogens with one attached hydrogen (secondary N) is 1. The fourth-order valence-electron chi connectivity index (χ4n) is 4.10. The van der Waals surface area contributed by atoms with E-state index in [1.165, 1.54) is 27.8 Å². The molecule has 5 rings (SSSR count). The summed E-state index contributed by atoms with van der Waals surface area (Å²) in [5, 5.41) is 3.34. The van der Waals surface area contributed by atoms with Gasteiger partial charge in [0.25, 0.3) is 0 Å². The van der Waals surface area contributed by atoms with Gasteiger partial charge in [0.15, 0.2) is 0 Å². The van der Waals surface area contributed by atoms with E-state index in [-0.39, 0.29) is 0 Å². The Labute approximate surface area is 185 Å². The van der Waals surface area contributed by atoms with E-state index in [1.807, 2.05) is 18.3 Å². The van der Waals surface area contributed by atoms with Crippen molar-refractivity contribution in [2.24, 2.45) is 0 Å². The molecule has 30 heavy (non-hydrogen) atoms. The van der Waals surface area contributed by atoms with Crippen molar-refractivity contribution in [2.45, 2.75) is 18.8 Å². The SMILES string of the molecule is [CH2]Cc1ccc(Nc2ncc3c(n2)-c2ccccc2C(c2cccc(Br)c2)C3)cc1. The largest absolute Gasteiger partial charge is 0.324 e. The second-order valence-corrected chi connectivity index (χ2v) is 8.45. The van der Waals surface area contributed by atoms with Crippen LogP contribution in [0.4, 0.5) is 11.6 Å². The zero-order valence-electron chi connectivity index (χ0n) is 16.5. The lowest BCUT2D eigenvalue weighted by Gasteiger charge is -2.27. The Hall–Kier alpha value is -2.98. The summed E-state index contributed by atoms with van der Waals surface area (Å²) < 4.78 is 1.10. The standard InChI is InChI=1S/C26H21BrN3/c1-2-17-10-12-21(13-11-17)29-26-28-16-19-15-24(18-6-5-7-20(27)14-18)22-8-3-4-9-23(22)25(19)30-26/h3-14,16,24H,1-2,15H2,(H,28,29,30). The van der Waals surface area contributed by atoms with Gasteiger partial charge in [-0.1, -0.05) is 64.5 Å². The van der Waals surface area contributed by atoms with E-state index in [0.717, 1.165) is 28.7 Å². The van der Waals surface area contributed by atoms with E-state index < -0.39 is 0 Å². The minimum atomic E-state index is 0.295. The molecule has 1 atom stereocenters. The molecule has 1 heterocycles. The quantitative estimate of drug-likeness (QED) is 0.372. The normalized spacial score (nSPS) is 14.7. The number of benzene rings is 3. The van der Waals surface area contributed by atoms with Crippen LogP contribution >= 0.6 is 15.9 Å². The molecule has 4 aromatic rings. The van der Waals surface area contributed by atoms with Gasteiger partial charge in [-0.2, -0.15) is 0 Å². The van der Waals surface area contributed by atoms with Gasteiger partial charge in [-0.05, 0) is 66.3 Å². The van der Waals surface area contributed by atoms with E-state index in [4.69, 9.17) is 4.98 Å². The summed E-state index contributed by atoms with van der Waals surface area (Å²) in [7, 11) is 0. The molecule has 1 unspecified atom stereocenters. The highest BCUT2D eigenvalue weighted by Gasteiger charge is 2.27. The molecule has 0 amide bonds. The molecule has 1 N–H and O–H groups in total. The highest BCUT2D eigenvalue weighted by atomic mass is 79.9. The number of anilines is 2. The first-order valence-corrected chi connectivity index (χ1v) is 10.9. The Balaban J connectivity index is 1.52. The van der Waals surface area contributed by atoms with Crippen molar-refractivity contribution in [1.29, 1.82) is 0 Å². The third-order valence-electron chi connectivity index (χ3n) is 5.63. The Morgan fingerprint density at radius 2 is 1.83 bits per heavy atom. The van der Waals surface area contributed by atoms with Crippen LogP contribution in [0.2, 0.25) is 0 Å². The van der Waals surface area contributed by atoms with Crippen LogP contribution in [-0.4, -0.2) is 9.97 Å². The predicted molar refractivity (Wildman–Crippen MR) is 126 cm³/mol. The van der Waals surface area contributed by atoms with Crippen molar-refractivity contribution in [3.63, 3.8) is 0 Å². The van der Waals surface area contributed by atoms with E-state index in [2.05, 4.69) is 93.8 Å². The van der Waals surface area contributed by atoms with Crippen molar-refractivity contribution in [2.75, 3.05) is 5.32 Å². The maximum absolute atomic E-state index is 4.89. The second-order valence-electron chi connectivity index (χ2n) is 7.54. The van der Waals surface area contributed by atoms with Crippen molar-refractivity contribution in [1.82, 2.24) is 9.97 Å². The molecule has 0 spiro atoms. The van der Waals surface area contributed by atoms with E-state index in [9.17, 15) is 0 Å². The number of hydrogen-bond acceptors (Lipinski definition) is 3. The molecule has 0 saturated carbocycles. The molecular formula is C26H21BrN3. The molecule has 0 aliphatic heterocycles. The first-order valence-electron chi connectivity index (χ1n) is 10.1. The number of nitrogens with zero attached hydrogens (tertiary/aromatic N) is 2. The maximum atomic E-state index is 4.89. The lowest BCUT2D eigenvalue weighted by molar-refractivity contribution is 0.782. The molecule has 1 aliphatic carbocycles. The highest BCUT2D eigenvalue weighted by Crippen LogP contribution is 2.42. The highest BCUT2D eigenvalue weighted by molar-refractivity contribution is 9.10. The van der Waals surface area contributed by atoms with Gasteiger partial charge in [0, 0.05) is 27.8 Å². The van der Waals surface area contributed by atoms with Gasteiger partial charge in [-0.25, -0.2) is 9.97 Å². The van der Waals surface area contributed by atoms with Crippen LogP contribution < -0.4 is 5.32 Å². The number of rotatable bonds is 4. The molecular weight excluding hydrogens is 434 g/mol. The molecule has 4 heteroatoms. The summed E-state index contributed by atoms with van der Waals surface area (Å²) in [6, 6.07) is 25.4. The lowest BCUT2D eigenvalue weighted by atomic mass is 9.78. The van der Waals surface area contributed by atoms with Crippen LogP contribution in [0.5, 0.6) is 0 Å². The van der Waals surface area contributed by atoms with Gasteiger partial charge in [0.2, 0.25) is 5.95 Å². The van der Waals surface area contributed by atoms with Crippen molar-refractivity contribution in [3.05, 3.63) is 113 Å². The Morgan fingerprint density at radius 3 is 2.63 bits per heavy atom. The number of fused-ring (bicyclic) bond motifs is 3. The zero-order valence-corrected chi connectivity index (χ0v) is 18.1. The van der Waals surface area contributed by atoms with Gasteiger partial charge < -0.3 is 5.32 Å². The number of halogens is 1. The molecule has 3 aromatic carbocycles. The molecule has 147 valence electrons. The van der Waals surface area contributed by atoms with Crippen LogP contribution in [0, 0.1) is 6.92 Å². The maximum Gasteiger partial charge on any atom is 0.227 e. The van der Waals surface area contributed by atoms with Crippen LogP contribution in [0.1, 0.15) is 28.2 Å². The fraction of sp³-hybridized carbons (Fsp3) is 0.115. The minimum Gasteiger partial charge on any atom is -0.324 e. The van der Waals surface area contributed by atoms with Crippen LogP contribution in [0.25, 0.3) is 11.3 Å². The van der Waals surface area contributed by atoms with Gasteiger partial charge >= 0.3 is 0 Å². The number of hydrogen-bond donors (Lipinski definition) is 1. The monoisotopic (exact) mass is 454 g/mol. The van der Waals surface area contributed by atoms with Gasteiger partial charge in [-0.3, -0.25) is 0 Å². The predicted octanol–water partition coefficient (Wildman–Crippen LogP) is 6.71. The van der Waals surface area contributed by atoms with Crippen molar-refractivity contribution < 1.29 is 0 Å². The Morgan fingerprint density at radius 1 is 1.00 bits per heavy atom. The van der Waals surface area contributed by atoms with Crippen molar-refractivity contribution >= 4 is 27.6 Å². The van der Waals surface area contributed by atoms with E-state index in [0.29, 0.717) is 11.9 Å². The molecule has 1 radical (unpaired) electrons. The molecule has 0 saturated heterocycles. The minimum absolute atomic E-state index is 0.295. The van der Waals surface area contributed by atoms with Crippen LogP contribution in [0.3, 0.4) is 0 Å². The second kappa shape index (κ2) is 8.04. The topological polar surface area (TPSA) is 37.8 Å². The molecule has 1 aromatic heterocycles. The van der Waals surface area contributed by atoms with E-state index >= 15 is 0 Å². The Kier molecular flexibility index (Phi) is 5.09. The lowest BCUT2D eigenvalue weighted by Crippen LogP contribution is -2.15. The van der Waals surface area contributed by atoms with E-state index in [1.54, 1.807) is 0 Å². The first kappa shape index (κ1) is 19.0. The van der Waals surface area contributed by atoms with Crippen molar-refractivity contribution in [3.8, 4) is 11.3 Å². The van der Waals surface area contributed by atoms with Gasteiger partial charge in [0.1, 0.15) is 0 Å². The zero-order chi connectivity index (χ0) is 20.5. The summed E-state index contributed by atoms with van der Waals surface area (Å²) in [6.07, 6.45) is 3.64. The van der Waals surface area contributed by atoms with Gasteiger partial charge in [-0.15, -0.1) is 0 Å². The third-order valence-corrected chi connectivity index (χ3v) is 6.12. The fourth-order valence-corrected chi connectivity index (χ4v) is 4.52. The molecule has 1 aliphatic rings. The average molecular weight is 455 g/mol. The summed E-state index contributed by atoms with van der Waals surface area (Å²) in [5.74, 6) is 0.913. The summed E-state index contributed by atoms with van der Waals surface area (Å²) in [5.41, 5.74) is 8.17. The molecule has 0 fully saturated rings. The first-order chi connectivity index (χ1) is 14.7.